The van der Waals surface area contributed by atoms with Crippen molar-refractivity contribution in [3.05, 3.63) is 0 Å². The molecule has 0 unspecified atom stereocenters. The molecular formula is C11H22N2O3. The largest absolute Gasteiger partial charge is 0.388 e. The normalized spacial score (nSPS) is 19.2. The Labute approximate surface area is 96.8 Å². The first-order valence-corrected chi connectivity index (χ1v) is 5.86. The Hall–Kier alpha value is -0.810. The van der Waals surface area contributed by atoms with Crippen LogP contribution in [0, 0.1) is 0 Å². The van der Waals surface area contributed by atoms with Crippen molar-refractivity contribution < 1.29 is 14.6 Å². The van der Waals surface area contributed by atoms with Gasteiger partial charge in [-0.25, -0.2) is 4.79 Å². The zero-order valence-electron chi connectivity index (χ0n) is 10.2. The quantitative estimate of drug-likeness (QED) is 0.742. The molecule has 0 saturated carbocycles. The van der Waals surface area contributed by atoms with Gasteiger partial charge in [0.2, 0.25) is 0 Å². The molecule has 0 aromatic rings. The van der Waals surface area contributed by atoms with Gasteiger partial charge in [-0.3, -0.25) is 0 Å². The molecule has 1 aliphatic heterocycles. The number of rotatable bonds is 4. The van der Waals surface area contributed by atoms with E-state index in [-0.39, 0.29) is 6.03 Å². The Kier molecular flexibility index (Phi) is 5.02. The standard InChI is InChI=1S/C11H22N2O3/c1-3-6-12-10(14)13(2)9-11(15)4-7-16-8-5-11/h15H,3-9H2,1-2H3,(H,12,14). The lowest BCUT2D eigenvalue weighted by Gasteiger charge is -2.35. The van der Waals surface area contributed by atoms with Crippen LogP contribution in [0.1, 0.15) is 26.2 Å². The van der Waals surface area contributed by atoms with E-state index in [1.807, 2.05) is 6.92 Å². The number of likely N-dealkylation sites (N-methyl/N-ethyl adjacent to an activating group) is 1. The number of nitrogens with zero attached hydrogens (tertiary/aromatic N) is 1. The first-order valence-electron chi connectivity index (χ1n) is 5.86. The molecule has 2 amide bonds. The molecule has 0 radical (unpaired) electrons. The maximum atomic E-state index is 11.6. The second-order valence-corrected chi connectivity index (χ2v) is 4.42. The maximum Gasteiger partial charge on any atom is 0.317 e. The minimum atomic E-state index is -0.781. The van der Waals surface area contributed by atoms with Crippen LogP contribution < -0.4 is 5.32 Å². The third kappa shape index (κ3) is 3.98. The molecule has 5 heteroatoms. The van der Waals surface area contributed by atoms with Gasteiger partial charge in [0.05, 0.1) is 12.1 Å². The van der Waals surface area contributed by atoms with E-state index in [9.17, 15) is 9.90 Å². The van der Waals surface area contributed by atoms with Crippen molar-refractivity contribution in [3.8, 4) is 0 Å². The highest BCUT2D eigenvalue weighted by molar-refractivity contribution is 5.73. The van der Waals surface area contributed by atoms with Gasteiger partial charge in [-0.05, 0) is 6.42 Å². The molecule has 2 N–H and O–H groups in total. The number of ether oxygens (including phenoxy) is 1. The number of aliphatic hydroxyl groups is 1. The van der Waals surface area contributed by atoms with Crippen LogP contribution in [-0.2, 0) is 4.74 Å². The van der Waals surface area contributed by atoms with E-state index in [1.54, 1.807) is 11.9 Å². The number of hydrogen-bond donors (Lipinski definition) is 2. The summed E-state index contributed by atoms with van der Waals surface area (Å²) in [7, 11) is 1.71. The minimum absolute atomic E-state index is 0.123. The van der Waals surface area contributed by atoms with Crippen LogP contribution in [0.25, 0.3) is 0 Å². The van der Waals surface area contributed by atoms with Gasteiger partial charge in [-0.15, -0.1) is 0 Å². The van der Waals surface area contributed by atoms with E-state index in [4.69, 9.17) is 4.74 Å². The van der Waals surface area contributed by atoms with Gasteiger partial charge in [0.1, 0.15) is 0 Å². The third-order valence-electron chi connectivity index (χ3n) is 2.83. The van der Waals surface area contributed by atoms with E-state index in [1.165, 1.54) is 0 Å². The number of nitrogens with one attached hydrogen (secondary N) is 1. The lowest BCUT2D eigenvalue weighted by Crippen LogP contribution is -2.49. The summed E-state index contributed by atoms with van der Waals surface area (Å²) in [4.78, 5) is 13.1. The molecule has 94 valence electrons. The van der Waals surface area contributed by atoms with Gasteiger partial charge in [0, 0.05) is 39.6 Å². The summed E-state index contributed by atoms with van der Waals surface area (Å²) in [6.07, 6.45) is 2.11. The Morgan fingerprint density at radius 2 is 2.12 bits per heavy atom. The van der Waals surface area contributed by atoms with E-state index < -0.39 is 5.60 Å². The van der Waals surface area contributed by atoms with Crippen molar-refractivity contribution in [1.82, 2.24) is 10.2 Å². The van der Waals surface area contributed by atoms with Crippen LogP contribution >= 0.6 is 0 Å². The fraction of sp³-hybridized carbons (Fsp3) is 0.909. The molecule has 0 aromatic carbocycles. The first-order chi connectivity index (χ1) is 7.57. The maximum absolute atomic E-state index is 11.6. The SMILES string of the molecule is CCCNC(=O)N(C)CC1(O)CCOCC1. The van der Waals surface area contributed by atoms with Gasteiger partial charge in [0.15, 0.2) is 0 Å². The number of carbonyl (C=O) groups excluding carboxylic acids is 1. The number of urea groups is 1. The molecule has 0 aromatic heterocycles. The number of hydrogen-bond acceptors (Lipinski definition) is 3. The lowest BCUT2D eigenvalue weighted by molar-refractivity contribution is -0.0722. The molecule has 0 spiro atoms. The Morgan fingerprint density at radius 3 is 2.69 bits per heavy atom. The highest BCUT2D eigenvalue weighted by Crippen LogP contribution is 2.21. The van der Waals surface area contributed by atoms with Gasteiger partial charge in [-0.2, -0.15) is 0 Å². The first kappa shape index (κ1) is 13.3. The topological polar surface area (TPSA) is 61.8 Å². The van der Waals surface area contributed by atoms with Crippen molar-refractivity contribution in [2.75, 3.05) is 33.4 Å². The molecule has 0 aliphatic carbocycles. The second kappa shape index (κ2) is 6.06. The Balaban J connectivity index is 2.36. The minimum Gasteiger partial charge on any atom is -0.388 e. The van der Waals surface area contributed by atoms with E-state index in [0.29, 0.717) is 39.1 Å². The summed E-state index contributed by atoms with van der Waals surface area (Å²) < 4.78 is 5.19. The van der Waals surface area contributed by atoms with Gasteiger partial charge in [-0.1, -0.05) is 6.92 Å². The van der Waals surface area contributed by atoms with Crippen LogP contribution in [0.4, 0.5) is 4.79 Å². The molecule has 1 aliphatic rings. The highest BCUT2D eigenvalue weighted by Gasteiger charge is 2.32. The molecular weight excluding hydrogens is 208 g/mol. The van der Waals surface area contributed by atoms with Crippen molar-refractivity contribution in [2.45, 2.75) is 31.8 Å². The molecule has 1 rings (SSSR count). The van der Waals surface area contributed by atoms with Crippen molar-refractivity contribution in [3.63, 3.8) is 0 Å². The average Bonchev–Trinajstić information content (AvgIpc) is 2.26. The summed E-state index contributed by atoms with van der Waals surface area (Å²) in [5, 5.41) is 13.0. The zero-order chi connectivity index (χ0) is 12.0. The smallest absolute Gasteiger partial charge is 0.317 e. The fourth-order valence-corrected chi connectivity index (χ4v) is 1.79. The van der Waals surface area contributed by atoms with Crippen LogP contribution in [-0.4, -0.2) is 55.0 Å². The Bertz CT molecular complexity index is 227. The summed E-state index contributed by atoms with van der Waals surface area (Å²) >= 11 is 0. The van der Waals surface area contributed by atoms with Crippen LogP contribution in [0.3, 0.4) is 0 Å². The van der Waals surface area contributed by atoms with Crippen molar-refractivity contribution in [2.24, 2.45) is 0 Å². The van der Waals surface area contributed by atoms with Crippen LogP contribution in [0.5, 0.6) is 0 Å². The molecule has 0 bridgehead atoms. The second-order valence-electron chi connectivity index (χ2n) is 4.42. The van der Waals surface area contributed by atoms with Gasteiger partial charge in [0.25, 0.3) is 0 Å². The van der Waals surface area contributed by atoms with Crippen molar-refractivity contribution in [1.29, 1.82) is 0 Å². The highest BCUT2D eigenvalue weighted by atomic mass is 16.5. The summed E-state index contributed by atoms with van der Waals surface area (Å²) in [6.45, 7) is 4.19. The molecule has 0 atom stereocenters. The molecule has 1 fully saturated rings. The molecule has 5 nitrogen and oxygen atoms in total. The monoisotopic (exact) mass is 230 g/mol. The predicted molar refractivity (Wildman–Crippen MR) is 61.3 cm³/mol. The molecule has 16 heavy (non-hydrogen) atoms. The van der Waals surface area contributed by atoms with Gasteiger partial charge >= 0.3 is 6.03 Å². The predicted octanol–water partition coefficient (Wildman–Crippen LogP) is 0.579. The molecule has 1 heterocycles. The van der Waals surface area contributed by atoms with E-state index in [2.05, 4.69) is 5.32 Å². The van der Waals surface area contributed by atoms with Crippen LogP contribution in [0.15, 0.2) is 0 Å². The summed E-state index contributed by atoms with van der Waals surface area (Å²) in [5.74, 6) is 0. The Morgan fingerprint density at radius 1 is 1.50 bits per heavy atom. The average molecular weight is 230 g/mol. The van der Waals surface area contributed by atoms with Gasteiger partial charge < -0.3 is 20.1 Å². The summed E-state index contributed by atoms with van der Waals surface area (Å²) in [5.41, 5.74) is -0.781. The third-order valence-corrected chi connectivity index (χ3v) is 2.83. The fourth-order valence-electron chi connectivity index (χ4n) is 1.79. The number of amides is 2. The van der Waals surface area contributed by atoms with Crippen LogP contribution in [0.2, 0.25) is 0 Å². The zero-order valence-corrected chi connectivity index (χ0v) is 10.2. The summed E-state index contributed by atoms with van der Waals surface area (Å²) in [6, 6.07) is -0.123. The van der Waals surface area contributed by atoms with Crippen molar-refractivity contribution >= 4 is 6.03 Å². The molecule has 1 saturated heterocycles. The lowest BCUT2D eigenvalue weighted by atomic mass is 9.94. The number of carbonyl (C=O) groups is 1. The van der Waals surface area contributed by atoms with E-state index >= 15 is 0 Å². The van der Waals surface area contributed by atoms with E-state index in [0.717, 1.165) is 6.42 Å².